The van der Waals surface area contributed by atoms with Gasteiger partial charge in [0.1, 0.15) is 0 Å². The molecule has 0 heterocycles. The third-order valence-corrected chi connectivity index (χ3v) is 0. The predicted molar refractivity (Wildman–Crippen MR) is 37.5 cm³/mol. The normalized spacial score (nSPS) is 4.93. The molecule has 0 amide bonds. The molecule has 0 N–H and O–H groups in total. The fourth-order valence-electron chi connectivity index (χ4n) is 0. The number of carbonyl (C=O) groups is 2. The molecule has 0 aliphatic heterocycles. The molecule has 0 rings (SSSR count). The molecule has 0 unspecified atom stereocenters. The second-order valence-electron chi connectivity index (χ2n) is 1.21. The summed E-state index contributed by atoms with van der Waals surface area (Å²) in [5.41, 5.74) is 0. The van der Waals surface area contributed by atoms with Gasteiger partial charge in [-0.05, 0) is 13.8 Å². The molecule has 0 spiro atoms. The Morgan fingerprint density at radius 2 is 1.00 bits per heavy atom. The average Bonchev–Trinajstić information content (AvgIpc) is 1.54. The summed E-state index contributed by atoms with van der Waals surface area (Å²) < 4.78 is 0. The van der Waals surface area contributed by atoms with E-state index < -0.39 is 17.0 Å². The molecule has 0 radical (unpaired) electrons. The van der Waals surface area contributed by atoms with Crippen LogP contribution in [-0.2, 0) is 29.1 Å². The molecule has 0 aromatic carbocycles. The number of nitrogens with zero attached hydrogens (tertiary/aromatic N) is 1. The monoisotopic (exact) mass is 346 g/mol. The minimum Gasteiger partial charge on any atom is -0.550 e. The fraction of sp³-hybridized carbons (Fsp3) is 0.500. The van der Waals surface area contributed by atoms with Gasteiger partial charge in [0.05, 0.1) is 5.09 Å². The summed E-state index contributed by atoms with van der Waals surface area (Å²) in [6.45, 7) is 1.94. The molecule has 0 saturated heterocycles. The zero-order valence-corrected chi connectivity index (χ0v) is 14.5. The molecule has 0 aromatic rings. The standard InChI is InChI=1S/2C2H4O2.K.Mg.NO3.Rh/c2*1-2(3)4;;;2-1(3)4;/h2*1H3,(H,3,4);;;;/q;;+1;+2;-1;+3/p-2. The summed E-state index contributed by atoms with van der Waals surface area (Å²) in [7, 11) is 0. The van der Waals surface area contributed by atoms with Crippen LogP contribution in [0.3, 0.4) is 0 Å². The van der Waals surface area contributed by atoms with E-state index in [9.17, 15) is 0 Å². The Balaban J connectivity index is -0.0000000184. The zero-order valence-electron chi connectivity index (χ0n) is 8.35. The Labute approximate surface area is 157 Å². The molecular formula is C4H6KMgNO7Rh+3. The van der Waals surface area contributed by atoms with Gasteiger partial charge >= 0.3 is 93.9 Å². The van der Waals surface area contributed by atoms with Gasteiger partial charge in [0.2, 0.25) is 0 Å². The van der Waals surface area contributed by atoms with Gasteiger partial charge in [-0.15, -0.1) is 0 Å². The van der Waals surface area contributed by atoms with Crippen molar-refractivity contribution in [2.45, 2.75) is 13.8 Å². The second-order valence-corrected chi connectivity index (χ2v) is 1.21. The molecule has 0 aliphatic carbocycles. The van der Waals surface area contributed by atoms with Gasteiger partial charge in [-0.1, -0.05) is 0 Å². The topological polar surface area (TPSA) is 146 Å². The first-order valence-corrected chi connectivity index (χ1v) is 2.36. The van der Waals surface area contributed by atoms with Crippen molar-refractivity contribution < 1.29 is 95.8 Å². The smallest absolute Gasteiger partial charge is 0.550 e. The minimum absolute atomic E-state index is 0. The van der Waals surface area contributed by atoms with Gasteiger partial charge in [-0.3, -0.25) is 0 Å². The molecule has 0 aromatic heterocycles. The van der Waals surface area contributed by atoms with Crippen molar-refractivity contribution in [1.29, 1.82) is 0 Å². The van der Waals surface area contributed by atoms with E-state index in [2.05, 4.69) is 0 Å². The van der Waals surface area contributed by atoms with Gasteiger partial charge in [-0.25, -0.2) is 0 Å². The maximum atomic E-state index is 8.89. The number of hydrogen-bond donors (Lipinski definition) is 0. The van der Waals surface area contributed by atoms with Crippen LogP contribution in [0.1, 0.15) is 13.8 Å². The maximum absolute atomic E-state index is 8.89. The zero-order chi connectivity index (χ0) is 10.7. The quantitative estimate of drug-likeness (QED) is 0.241. The third-order valence-electron chi connectivity index (χ3n) is 0. The second kappa shape index (κ2) is 29.4. The average molecular weight is 346 g/mol. The summed E-state index contributed by atoms with van der Waals surface area (Å²) in [5.74, 6) is -2.17. The Kier molecular flexibility index (Phi) is 70.6. The molecule has 15 heavy (non-hydrogen) atoms. The summed E-state index contributed by atoms with van der Waals surface area (Å²) in [4.78, 5) is 26.0. The molecule has 0 saturated carbocycles. The number of hydrogen-bond acceptors (Lipinski definition) is 7. The summed E-state index contributed by atoms with van der Waals surface area (Å²) in [5, 5.41) is 32.5. The molecule has 0 atom stereocenters. The van der Waals surface area contributed by atoms with Crippen LogP contribution in [0, 0.1) is 15.3 Å². The van der Waals surface area contributed by atoms with Crippen molar-refractivity contribution in [3.05, 3.63) is 15.3 Å². The van der Waals surface area contributed by atoms with Crippen LogP contribution in [0.15, 0.2) is 0 Å². The van der Waals surface area contributed by atoms with Crippen molar-refractivity contribution >= 4 is 35.0 Å². The van der Waals surface area contributed by atoms with Crippen LogP contribution in [0.2, 0.25) is 0 Å². The minimum atomic E-state index is -1.75. The third kappa shape index (κ3) is 1930. The van der Waals surface area contributed by atoms with Crippen molar-refractivity contribution in [1.82, 2.24) is 0 Å². The van der Waals surface area contributed by atoms with Crippen molar-refractivity contribution in [2.24, 2.45) is 0 Å². The van der Waals surface area contributed by atoms with E-state index in [0.717, 1.165) is 13.8 Å². The van der Waals surface area contributed by atoms with E-state index in [1.54, 1.807) is 0 Å². The summed E-state index contributed by atoms with van der Waals surface area (Å²) in [6, 6.07) is 0. The number of rotatable bonds is 0. The molecule has 0 fully saturated rings. The molecular weight excluding hydrogens is 340 g/mol. The van der Waals surface area contributed by atoms with Crippen LogP contribution in [0.5, 0.6) is 0 Å². The largest absolute Gasteiger partial charge is 3.00 e. The van der Waals surface area contributed by atoms with E-state index in [1.165, 1.54) is 0 Å². The van der Waals surface area contributed by atoms with E-state index >= 15 is 0 Å². The number of aliphatic carboxylic acids is 2. The van der Waals surface area contributed by atoms with Crippen molar-refractivity contribution in [2.75, 3.05) is 0 Å². The molecule has 8 nitrogen and oxygen atoms in total. The van der Waals surface area contributed by atoms with Crippen LogP contribution >= 0.6 is 0 Å². The predicted octanol–water partition coefficient (Wildman–Crippen LogP) is -6.11. The fourth-order valence-corrected chi connectivity index (χ4v) is 0. The van der Waals surface area contributed by atoms with E-state index in [1.807, 2.05) is 0 Å². The van der Waals surface area contributed by atoms with E-state index in [0.29, 0.717) is 0 Å². The van der Waals surface area contributed by atoms with Crippen LogP contribution < -0.4 is 61.6 Å². The van der Waals surface area contributed by atoms with Crippen molar-refractivity contribution in [3.63, 3.8) is 0 Å². The van der Waals surface area contributed by atoms with Crippen LogP contribution in [0.4, 0.5) is 0 Å². The van der Waals surface area contributed by atoms with Crippen LogP contribution in [0.25, 0.3) is 0 Å². The van der Waals surface area contributed by atoms with Gasteiger partial charge < -0.3 is 35.1 Å². The maximum Gasteiger partial charge on any atom is 3.00 e. The SMILES string of the molecule is CC(=O)[O-].CC(=O)[O-].O=[N+]([O-])[O-].[K+].[Mg+2].[Rh+3]. The first-order valence-electron chi connectivity index (χ1n) is 2.36. The Hall–Kier alpha value is 1.17. The molecule has 0 bridgehead atoms. The van der Waals surface area contributed by atoms with Gasteiger partial charge in [0.15, 0.2) is 0 Å². The first-order chi connectivity index (χ1) is 5.20. The first kappa shape index (κ1) is 36.0. The number of carboxylic acids is 2. The van der Waals surface area contributed by atoms with Gasteiger partial charge in [0, 0.05) is 11.9 Å². The van der Waals surface area contributed by atoms with E-state index in [4.69, 9.17) is 35.1 Å². The number of carboxylic acid groups (broad SMARTS) is 2. The Morgan fingerprint density at radius 1 is 1.00 bits per heavy atom. The van der Waals surface area contributed by atoms with Crippen LogP contribution in [-0.4, -0.2) is 40.1 Å². The molecule has 11 heteroatoms. The van der Waals surface area contributed by atoms with Gasteiger partial charge in [0.25, 0.3) is 0 Å². The number of carbonyl (C=O) groups excluding carboxylic acids is 2. The Bertz CT molecular complexity index is 129. The summed E-state index contributed by atoms with van der Waals surface area (Å²) in [6.07, 6.45) is 0. The van der Waals surface area contributed by atoms with Crippen molar-refractivity contribution in [3.8, 4) is 0 Å². The summed E-state index contributed by atoms with van der Waals surface area (Å²) >= 11 is 0. The van der Waals surface area contributed by atoms with Gasteiger partial charge in [-0.2, -0.15) is 0 Å². The Morgan fingerprint density at radius 3 is 1.00 bits per heavy atom. The molecule has 0 aliphatic rings. The molecule has 78 valence electrons. The van der Waals surface area contributed by atoms with E-state index in [-0.39, 0.29) is 93.9 Å².